The molecule has 4 nitrogen and oxygen atoms in total. The Morgan fingerprint density at radius 3 is 2.52 bits per heavy atom. The Morgan fingerprint density at radius 1 is 1.24 bits per heavy atom. The van der Waals surface area contributed by atoms with Crippen LogP contribution in [0.4, 0.5) is 0 Å². The Hall–Kier alpha value is -0.910. The molecule has 0 radical (unpaired) electrons. The Balaban J connectivity index is 2.38. The predicted molar refractivity (Wildman–Crippen MR) is 83.9 cm³/mol. The smallest absolute Gasteiger partial charge is 0.243 e. The first-order valence-corrected chi connectivity index (χ1v) is 8.99. The second kappa shape index (κ2) is 6.90. The van der Waals surface area contributed by atoms with Crippen LogP contribution in [0.1, 0.15) is 36.8 Å². The number of sulfonamides is 1. The van der Waals surface area contributed by atoms with Crippen LogP contribution in [-0.2, 0) is 14.8 Å². The van der Waals surface area contributed by atoms with Gasteiger partial charge in [-0.05, 0) is 43.9 Å². The van der Waals surface area contributed by atoms with Gasteiger partial charge in [0.1, 0.15) is 0 Å². The summed E-state index contributed by atoms with van der Waals surface area (Å²) in [6.45, 7) is 4.64. The van der Waals surface area contributed by atoms with Crippen LogP contribution < -0.4 is 0 Å². The van der Waals surface area contributed by atoms with Crippen molar-refractivity contribution in [2.75, 3.05) is 20.3 Å². The van der Waals surface area contributed by atoms with Crippen LogP contribution in [0.3, 0.4) is 0 Å². The van der Waals surface area contributed by atoms with Gasteiger partial charge in [0, 0.05) is 19.7 Å². The first kappa shape index (κ1) is 16.5. The monoisotopic (exact) mass is 311 g/mol. The molecule has 1 saturated carbocycles. The van der Waals surface area contributed by atoms with Gasteiger partial charge in [-0.25, -0.2) is 8.42 Å². The van der Waals surface area contributed by atoms with Crippen molar-refractivity contribution in [3.05, 3.63) is 29.3 Å². The molecule has 0 saturated heterocycles. The fourth-order valence-corrected chi connectivity index (χ4v) is 4.96. The van der Waals surface area contributed by atoms with Crippen LogP contribution >= 0.6 is 0 Å². The lowest BCUT2D eigenvalue weighted by atomic mass is 10.2. The molecule has 2 rings (SSSR count). The van der Waals surface area contributed by atoms with Crippen LogP contribution in [0.15, 0.2) is 23.1 Å². The van der Waals surface area contributed by atoms with Crippen molar-refractivity contribution in [1.82, 2.24) is 4.31 Å². The van der Waals surface area contributed by atoms with Gasteiger partial charge in [-0.15, -0.1) is 0 Å². The Kier molecular flexibility index (Phi) is 5.41. The van der Waals surface area contributed by atoms with Gasteiger partial charge in [0.25, 0.3) is 0 Å². The minimum absolute atomic E-state index is 0.116. The van der Waals surface area contributed by atoms with E-state index >= 15 is 0 Å². The predicted octanol–water partition coefficient (Wildman–Crippen LogP) is 2.88. The molecule has 0 atom stereocenters. The number of hydrogen-bond donors (Lipinski definition) is 0. The van der Waals surface area contributed by atoms with E-state index in [9.17, 15) is 8.42 Å². The summed E-state index contributed by atoms with van der Waals surface area (Å²) in [5, 5.41) is 0. The van der Waals surface area contributed by atoms with Gasteiger partial charge < -0.3 is 4.74 Å². The summed E-state index contributed by atoms with van der Waals surface area (Å²) < 4.78 is 32.9. The number of rotatable bonds is 6. The summed E-state index contributed by atoms with van der Waals surface area (Å²) in [5.74, 6) is 0. The van der Waals surface area contributed by atoms with Crippen molar-refractivity contribution in [3.8, 4) is 0 Å². The summed E-state index contributed by atoms with van der Waals surface area (Å²) >= 11 is 0. The summed E-state index contributed by atoms with van der Waals surface area (Å²) in [6.07, 6.45) is 4.12. The van der Waals surface area contributed by atoms with Gasteiger partial charge in [-0.3, -0.25) is 0 Å². The van der Waals surface area contributed by atoms with Gasteiger partial charge in [-0.2, -0.15) is 4.31 Å². The molecular formula is C16H25NO3S. The maximum Gasteiger partial charge on any atom is 0.243 e. The van der Waals surface area contributed by atoms with Gasteiger partial charge in [0.15, 0.2) is 0 Å². The number of nitrogens with zero attached hydrogens (tertiary/aromatic N) is 1. The zero-order chi connectivity index (χ0) is 15.5. The maximum absolute atomic E-state index is 13.1. The highest BCUT2D eigenvalue weighted by atomic mass is 32.2. The minimum atomic E-state index is -3.46. The zero-order valence-corrected chi connectivity index (χ0v) is 13.9. The molecular weight excluding hydrogens is 286 g/mol. The third kappa shape index (κ3) is 3.65. The molecule has 0 aliphatic heterocycles. The number of aryl methyl sites for hydroxylation is 2. The number of methoxy groups -OCH3 is 1. The van der Waals surface area contributed by atoms with E-state index in [1.54, 1.807) is 17.5 Å². The zero-order valence-electron chi connectivity index (χ0n) is 13.1. The van der Waals surface area contributed by atoms with Crippen molar-refractivity contribution in [3.63, 3.8) is 0 Å². The SMILES string of the molecule is COCCN(C1CCCC1)S(=O)(=O)c1cc(C)ccc1C. The van der Waals surface area contributed by atoms with Crippen LogP contribution in [-0.4, -0.2) is 39.0 Å². The average Bonchev–Trinajstić information content (AvgIpc) is 2.95. The largest absolute Gasteiger partial charge is 0.383 e. The molecule has 1 fully saturated rings. The first-order valence-electron chi connectivity index (χ1n) is 7.55. The molecule has 1 aliphatic carbocycles. The maximum atomic E-state index is 13.1. The van der Waals surface area contributed by atoms with Crippen LogP contribution in [0.5, 0.6) is 0 Å². The molecule has 1 aliphatic rings. The van der Waals surface area contributed by atoms with Gasteiger partial charge in [0.2, 0.25) is 10.0 Å². The second-order valence-electron chi connectivity index (χ2n) is 5.82. The molecule has 0 unspecified atom stereocenters. The molecule has 5 heteroatoms. The van der Waals surface area contributed by atoms with Crippen molar-refractivity contribution >= 4 is 10.0 Å². The van der Waals surface area contributed by atoms with E-state index in [4.69, 9.17) is 4.74 Å². The quantitative estimate of drug-likeness (QED) is 0.811. The lowest BCUT2D eigenvalue weighted by Crippen LogP contribution is -2.41. The van der Waals surface area contributed by atoms with Crippen LogP contribution in [0.2, 0.25) is 0 Å². The highest BCUT2D eigenvalue weighted by Gasteiger charge is 2.33. The van der Waals surface area contributed by atoms with Crippen molar-refractivity contribution in [2.24, 2.45) is 0 Å². The lowest BCUT2D eigenvalue weighted by Gasteiger charge is -2.28. The number of benzene rings is 1. The molecule has 0 N–H and O–H groups in total. The molecule has 0 spiro atoms. The molecule has 118 valence electrons. The van der Waals surface area contributed by atoms with E-state index in [1.807, 2.05) is 26.0 Å². The van der Waals surface area contributed by atoms with Crippen molar-refractivity contribution in [1.29, 1.82) is 0 Å². The Labute approximate surface area is 128 Å². The lowest BCUT2D eigenvalue weighted by molar-refractivity contribution is 0.166. The van der Waals surface area contributed by atoms with Gasteiger partial charge >= 0.3 is 0 Å². The van der Waals surface area contributed by atoms with Gasteiger partial charge in [-0.1, -0.05) is 25.0 Å². The molecule has 0 bridgehead atoms. The summed E-state index contributed by atoms with van der Waals surface area (Å²) in [5.41, 5.74) is 1.78. The second-order valence-corrected chi connectivity index (χ2v) is 7.67. The van der Waals surface area contributed by atoms with E-state index < -0.39 is 10.0 Å². The van der Waals surface area contributed by atoms with E-state index in [1.165, 1.54) is 0 Å². The first-order chi connectivity index (χ1) is 9.96. The summed E-state index contributed by atoms with van der Waals surface area (Å²) in [6, 6.07) is 5.72. The Bertz CT molecular complexity index is 577. The normalized spacial score (nSPS) is 16.8. The number of hydrogen-bond acceptors (Lipinski definition) is 3. The van der Waals surface area contributed by atoms with Crippen LogP contribution in [0.25, 0.3) is 0 Å². The summed E-state index contributed by atoms with van der Waals surface area (Å²) in [7, 11) is -1.85. The van der Waals surface area contributed by atoms with Crippen molar-refractivity contribution in [2.45, 2.75) is 50.5 Å². The molecule has 0 heterocycles. The van der Waals surface area contributed by atoms with Gasteiger partial charge in [0.05, 0.1) is 11.5 Å². The van der Waals surface area contributed by atoms with E-state index in [2.05, 4.69) is 0 Å². The molecule has 21 heavy (non-hydrogen) atoms. The minimum Gasteiger partial charge on any atom is -0.383 e. The van der Waals surface area contributed by atoms with E-state index in [0.717, 1.165) is 36.8 Å². The molecule has 0 aromatic heterocycles. The molecule has 0 amide bonds. The number of ether oxygens (including phenoxy) is 1. The topological polar surface area (TPSA) is 46.6 Å². The summed E-state index contributed by atoms with van der Waals surface area (Å²) in [4.78, 5) is 0.436. The molecule has 1 aromatic carbocycles. The third-order valence-electron chi connectivity index (χ3n) is 4.18. The van der Waals surface area contributed by atoms with E-state index in [-0.39, 0.29) is 6.04 Å². The third-order valence-corrected chi connectivity index (χ3v) is 6.27. The molecule has 1 aromatic rings. The highest BCUT2D eigenvalue weighted by molar-refractivity contribution is 7.89. The standard InChI is InChI=1S/C16H25NO3S/c1-13-8-9-14(2)16(12-13)21(18,19)17(10-11-20-3)15-6-4-5-7-15/h8-9,12,15H,4-7,10-11H2,1-3H3. The van der Waals surface area contributed by atoms with E-state index in [0.29, 0.717) is 18.0 Å². The fourth-order valence-electron chi connectivity index (χ4n) is 2.98. The highest BCUT2D eigenvalue weighted by Crippen LogP contribution is 2.30. The fraction of sp³-hybridized carbons (Fsp3) is 0.625. The van der Waals surface area contributed by atoms with Crippen molar-refractivity contribution < 1.29 is 13.2 Å². The van der Waals surface area contributed by atoms with Crippen LogP contribution in [0, 0.1) is 13.8 Å². The Morgan fingerprint density at radius 2 is 1.90 bits per heavy atom. The average molecular weight is 311 g/mol.